The summed E-state index contributed by atoms with van der Waals surface area (Å²) in [6.45, 7) is 4.48. The molecule has 0 radical (unpaired) electrons. The van der Waals surface area contributed by atoms with Crippen LogP contribution >= 0.6 is 15.9 Å². The van der Waals surface area contributed by atoms with Crippen molar-refractivity contribution in [3.63, 3.8) is 0 Å². The number of nitrogens with one attached hydrogen (secondary N) is 1. The van der Waals surface area contributed by atoms with Gasteiger partial charge in [-0.15, -0.1) is 0 Å². The maximum absolute atomic E-state index is 12.6. The Morgan fingerprint density at radius 2 is 1.63 bits per heavy atom. The topological polar surface area (TPSA) is 50.8 Å². The minimum atomic E-state index is -0.210. The average molecular weight is 433 g/mol. The number of anilines is 2. The van der Waals surface area contributed by atoms with Crippen molar-refractivity contribution in [1.29, 1.82) is 0 Å². The van der Waals surface area contributed by atoms with Crippen molar-refractivity contribution in [2.75, 3.05) is 37.5 Å². The highest BCUT2D eigenvalue weighted by molar-refractivity contribution is 9.10. The molecule has 2 aromatic rings. The molecule has 0 saturated carbocycles. The van der Waals surface area contributed by atoms with Gasteiger partial charge in [0, 0.05) is 30.0 Å². The number of hydrogen-bond acceptors (Lipinski definition) is 4. The van der Waals surface area contributed by atoms with E-state index in [1.807, 2.05) is 12.1 Å². The molecule has 1 heterocycles. The fourth-order valence-electron chi connectivity index (χ4n) is 3.23. The van der Waals surface area contributed by atoms with Crippen LogP contribution < -0.4 is 19.7 Å². The summed E-state index contributed by atoms with van der Waals surface area (Å²) in [5.74, 6) is 1.70. The fraction of sp³-hybridized carbons (Fsp3) is 0.381. The lowest BCUT2D eigenvalue weighted by atomic mass is 9.99. The lowest BCUT2D eigenvalue weighted by Gasteiger charge is -2.32. The number of amides is 1. The van der Waals surface area contributed by atoms with Crippen LogP contribution in [0, 0.1) is 5.92 Å². The Morgan fingerprint density at radius 3 is 2.15 bits per heavy atom. The fourth-order valence-corrected chi connectivity index (χ4v) is 3.78. The van der Waals surface area contributed by atoms with Gasteiger partial charge in [-0.3, -0.25) is 4.79 Å². The number of halogens is 1. The minimum Gasteiger partial charge on any atom is -0.495 e. The van der Waals surface area contributed by atoms with Crippen LogP contribution in [0.1, 0.15) is 30.1 Å². The molecule has 1 aliphatic heterocycles. The van der Waals surface area contributed by atoms with E-state index in [1.54, 1.807) is 26.4 Å². The maximum atomic E-state index is 12.6. The van der Waals surface area contributed by atoms with Gasteiger partial charge in [-0.1, -0.05) is 6.92 Å². The number of piperidine rings is 1. The molecule has 1 N–H and O–H groups in total. The number of ether oxygens (including phenoxy) is 2. The Morgan fingerprint density at radius 1 is 1.07 bits per heavy atom. The van der Waals surface area contributed by atoms with Gasteiger partial charge in [-0.2, -0.15) is 0 Å². The standard InChI is InChI=1S/C21H25BrN2O3/c1-14-8-10-24(11-9-14)17-6-4-16(5-7-17)23-21(25)15-12-18(26-2)20(22)19(13-15)27-3/h4-7,12-14H,8-11H2,1-3H3,(H,23,25). The predicted octanol–water partition coefficient (Wildman–Crippen LogP) is 4.95. The lowest BCUT2D eigenvalue weighted by Crippen LogP contribution is -2.32. The highest BCUT2D eigenvalue weighted by atomic mass is 79.9. The molecule has 0 spiro atoms. The van der Waals surface area contributed by atoms with Crippen molar-refractivity contribution in [2.45, 2.75) is 19.8 Å². The molecule has 0 aromatic heterocycles. The van der Waals surface area contributed by atoms with Crippen LogP contribution in [0.2, 0.25) is 0 Å². The summed E-state index contributed by atoms with van der Waals surface area (Å²) in [5, 5.41) is 2.93. The highest BCUT2D eigenvalue weighted by Crippen LogP contribution is 2.35. The summed E-state index contributed by atoms with van der Waals surface area (Å²) >= 11 is 3.41. The number of carbonyl (C=O) groups excluding carboxylic acids is 1. The van der Waals surface area contributed by atoms with Gasteiger partial charge < -0.3 is 19.7 Å². The first kappa shape index (κ1) is 19.5. The summed E-state index contributed by atoms with van der Waals surface area (Å²) < 4.78 is 11.3. The van der Waals surface area contributed by atoms with Gasteiger partial charge >= 0.3 is 0 Å². The Balaban J connectivity index is 1.71. The largest absolute Gasteiger partial charge is 0.495 e. The van der Waals surface area contributed by atoms with Gasteiger partial charge in [0.25, 0.3) is 5.91 Å². The van der Waals surface area contributed by atoms with E-state index >= 15 is 0 Å². The molecule has 27 heavy (non-hydrogen) atoms. The van der Waals surface area contributed by atoms with E-state index < -0.39 is 0 Å². The van der Waals surface area contributed by atoms with E-state index in [1.165, 1.54) is 18.5 Å². The maximum Gasteiger partial charge on any atom is 0.255 e. The Labute approximate surface area is 168 Å². The van der Waals surface area contributed by atoms with Gasteiger partial charge in [0.05, 0.1) is 14.2 Å². The number of methoxy groups -OCH3 is 2. The van der Waals surface area contributed by atoms with Crippen molar-refractivity contribution in [2.24, 2.45) is 5.92 Å². The first-order valence-electron chi connectivity index (χ1n) is 9.09. The summed E-state index contributed by atoms with van der Waals surface area (Å²) in [6, 6.07) is 11.4. The second kappa shape index (κ2) is 8.65. The second-order valence-corrected chi connectivity index (χ2v) is 7.66. The van der Waals surface area contributed by atoms with Crippen molar-refractivity contribution in [3.8, 4) is 11.5 Å². The van der Waals surface area contributed by atoms with Crippen LogP contribution in [-0.4, -0.2) is 33.2 Å². The van der Waals surface area contributed by atoms with E-state index in [2.05, 4.69) is 45.2 Å². The van der Waals surface area contributed by atoms with Crippen LogP contribution in [0.15, 0.2) is 40.9 Å². The van der Waals surface area contributed by atoms with E-state index in [4.69, 9.17) is 9.47 Å². The number of benzene rings is 2. The molecule has 5 nitrogen and oxygen atoms in total. The normalized spacial score (nSPS) is 14.7. The van der Waals surface area contributed by atoms with Gasteiger partial charge in [0.1, 0.15) is 16.0 Å². The average Bonchev–Trinajstić information content (AvgIpc) is 2.69. The van der Waals surface area contributed by atoms with E-state index in [0.717, 1.165) is 24.7 Å². The molecular formula is C21H25BrN2O3. The number of hydrogen-bond donors (Lipinski definition) is 1. The van der Waals surface area contributed by atoms with Crippen molar-refractivity contribution in [3.05, 3.63) is 46.4 Å². The van der Waals surface area contributed by atoms with E-state index in [9.17, 15) is 4.79 Å². The third-order valence-electron chi connectivity index (χ3n) is 4.98. The van der Waals surface area contributed by atoms with Crippen LogP contribution in [0.5, 0.6) is 11.5 Å². The van der Waals surface area contributed by atoms with Crippen LogP contribution in [-0.2, 0) is 0 Å². The summed E-state index contributed by atoms with van der Waals surface area (Å²) in [5.41, 5.74) is 2.43. The Kier molecular flexibility index (Phi) is 6.26. The molecule has 2 aromatic carbocycles. The van der Waals surface area contributed by atoms with E-state index in [0.29, 0.717) is 21.5 Å². The third-order valence-corrected chi connectivity index (χ3v) is 5.76. The molecule has 1 amide bonds. The quantitative estimate of drug-likeness (QED) is 0.725. The number of carbonyl (C=O) groups is 1. The SMILES string of the molecule is COc1cc(C(=O)Nc2ccc(N3CCC(C)CC3)cc2)cc(OC)c1Br. The van der Waals surface area contributed by atoms with Crippen molar-refractivity contribution in [1.82, 2.24) is 0 Å². The van der Waals surface area contributed by atoms with Crippen molar-refractivity contribution >= 4 is 33.2 Å². The molecular weight excluding hydrogens is 408 g/mol. The molecule has 6 heteroatoms. The van der Waals surface area contributed by atoms with Crippen molar-refractivity contribution < 1.29 is 14.3 Å². The monoisotopic (exact) mass is 432 g/mol. The molecule has 0 unspecified atom stereocenters. The Hall–Kier alpha value is -2.21. The molecule has 0 aliphatic carbocycles. The zero-order valence-electron chi connectivity index (χ0n) is 15.9. The first-order valence-corrected chi connectivity index (χ1v) is 9.89. The van der Waals surface area contributed by atoms with Gasteiger partial charge in [0.2, 0.25) is 0 Å². The molecule has 1 fully saturated rings. The van der Waals surface area contributed by atoms with Gasteiger partial charge in [-0.25, -0.2) is 0 Å². The zero-order chi connectivity index (χ0) is 19.4. The minimum absolute atomic E-state index is 0.210. The molecule has 144 valence electrons. The van der Waals surface area contributed by atoms with Crippen LogP contribution in [0.25, 0.3) is 0 Å². The third kappa shape index (κ3) is 4.56. The molecule has 1 saturated heterocycles. The van der Waals surface area contributed by atoms with Gasteiger partial charge in [0.15, 0.2) is 0 Å². The lowest BCUT2D eigenvalue weighted by molar-refractivity contribution is 0.102. The van der Waals surface area contributed by atoms with Crippen LogP contribution in [0.3, 0.4) is 0 Å². The van der Waals surface area contributed by atoms with Gasteiger partial charge in [-0.05, 0) is 71.1 Å². The van der Waals surface area contributed by atoms with Crippen LogP contribution in [0.4, 0.5) is 11.4 Å². The molecule has 0 bridgehead atoms. The molecule has 1 aliphatic rings. The summed E-state index contributed by atoms with van der Waals surface area (Å²) in [4.78, 5) is 15.0. The van der Waals surface area contributed by atoms with E-state index in [-0.39, 0.29) is 5.91 Å². The Bertz CT molecular complexity index is 775. The first-order chi connectivity index (χ1) is 13.0. The summed E-state index contributed by atoms with van der Waals surface area (Å²) in [7, 11) is 3.11. The molecule has 3 rings (SSSR count). The second-order valence-electron chi connectivity index (χ2n) is 6.87. The highest BCUT2D eigenvalue weighted by Gasteiger charge is 2.17. The zero-order valence-corrected chi connectivity index (χ0v) is 17.5. The number of rotatable bonds is 5. The summed E-state index contributed by atoms with van der Waals surface area (Å²) in [6.07, 6.45) is 2.46. The predicted molar refractivity (Wildman–Crippen MR) is 112 cm³/mol. The molecule has 0 atom stereocenters. The number of nitrogens with zero attached hydrogens (tertiary/aromatic N) is 1. The smallest absolute Gasteiger partial charge is 0.255 e.